The Morgan fingerprint density at radius 3 is 2.18 bits per heavy atom. The maximum Gasteiger partial charge on any atom is 0.297 e. The molecule has 34 heavy (non-hydrogen) atoms. The van der Waals surface area contributed by atoms with Crippen molar-refractivity contribution in [3.8, 4) is 11.1 Å². The quantitative estimate of drug-likeness (QED) is 0.441. The zero-order chi connectivity index (χ0) is 24.1. The number of rotatable bonds is 6. The van der Waals surface area contributed by atoms with E-state index in [1.807, 2.05) is 75.4 Å². The summed E-state index contributed by atoms with van der Waals surface area (Å²) in [6, 6.07) is 21.4. The molecule has 0 saturated heterocycles. The van der Waals surface area contributed by atoms with E-state index < -0.39 is 17.5 Å². The van der Waals surface area contributed by atoms with Crippen molar-refractivity contribution in [1.82, 2.24) is 15.5 Å². The lowest BCUT2D eigenvalue weighted by atomic mass is 10.0. The Balaban J connectivity index is 1.82. The third kappa shape index (κ3) is 5.20. The van der Waals surface area contributed by atoms with Crippen LogP contribution in [-0.2, 0) is 4.79 Å². The first kappa shape index (κ1) is 22.9. The highest BCUT2D eigenvalue weighted by Gasteiger charge is 2.36. The van der Waals surface area contributed by atoms with E-state index in [1.54, 1.807) is 24.5 Å². The van der Waals surface area contributed by atoms with E-state index in [1.165, 1.54) is 17.2 Å². The van der Waals surface area contributed by atoms with Crippen molar-refractivity contribution in [2.75, 3.05) is 4.90 Å². The molecule has 0 aliphatic heterocycles. The molecule has 2 aromatic heterocycles. The number of hydrogen-bond acceptors (Lipinski definition) is 5. The minimum absolute atomic E-state index is 0.0320. The van der Waals surface area contributed by atoms with Crippen molar-refractivity contribution in [2.45, 2.75) is 32.4 Å². The molecule has 0 radical (unpaired) electrons. The summed E-state index contributed by atoms with van der Waals surface area (Å²) in [7, 11) is 0. The van der Waals surface area contributed by atoms with Crippen molar-refractivity contribution in [2.24, 2.45) is 0 Å². The third-order valence-corrected chi connectivity index (χ3v) is 5.12. The molecule has 4 aromatic rings. The van der Waals surface area contributed by atoms with Gasteiger partial charge in [0, 0.05) is 35.2 Å². The Morgan fingerprint density at radius 1 is 0.882 bits per heavy atom. The second-order valence-electron chi connectivity index (χ2n) is 8.89. The number of nitrogens with zero attached hydrogens (tertiary/aromatic N) is 3. The second kappa shape index (κ2) is 9.70. The molecule has 172 valence electrons. The fourth-order valence-electron chi connectivity index (χ4n) is 3.67. The largest absolute Gasteiger partial charge is 0.351 e. The predicted molar refractivity (Wildman–Crippen MR) is 130 cm³/mol. The van der Waals surface area contributed by atoms with Gasteiger partial charge in [-0.2, -0.15) is 0 Å². The highest BCUT2D eigenvalue weighted by Crippen LogP contribution is 2.32. The lowest BCUT2D eigenvalue weighted by Crippen LogP contribution is -2.49. The van der Waals surface area contributed by atoms with Crippen molar-refractivity contribution in [3.63, 3.8) is 0 Å². The number of pyridine rings is 1. The van der Waals surface area contributed by atoms with Crippen molar-refractivity contribution in [3.05, 3.63) is 103 Å². The van der Waals surface area contributed by atoms with Gasteiger partial charge in [0.15, 0.2) is 0 Å². The Hall–Kier alpha value is -4.26. The van der Waals surface area contributed by atoms with E-state index >= 15 is 0 Å². The van der Waals surface area contributed by atoms with E-state index in [0.29, 0.717) is 11.3 Å². The Morgan fingerprint density at radius 2 is 1.59 bits per heavy atom. The number of hydrogen-bond donors (Lipinski definition) is 1. The van der Waals surface area contributed by atoms with Gasteiger partial charge in [0.25, 0.3) is 5.91 Å². The first-order valence-electron chi connectivity index (χ1n) is 11.0. The normalized spacial score (nSPS) is 12.1. The van der Waals surface area contributed by atoms with Gasteiger partial charge in [0.1, 0.15) is 6.04 Å². The summed E-state index contributed by atoms with van der Waals surface area (Å²) in [5.74, 6) is -0.784. The van der Waals surface area contributed by atoms with Crippen LogP contribution < -0.4 is 10.2 Å². The van der Waals surface area contributed by atoms with Gasteiger partial charge >= 0.3 is 0 Å². The second-order valence-corrected chi connectivity index (χ2v) is 8.89. The topological polar surface area (TPSA) is 88.3 Å². The third-order valence-electron chi connectivity index (χ3n) is 5.12. The molecule has 1 atom stereocenters. The summed E-state index contributed by atoms with van der Waals surface area (Å²) in [6.45, 7) is 5.67. The van der Waals surface area contributed by atoms with Crippen LogP contribution in [0.2, 0.25) is 0 Å². The minimum atomic E-state index is -0.979. The van der Waals surface area contributed by atoms with Crippen LogP contribution in [0.5, 0.6) is 0 Å². The number of benzene rings is 2. The Kier molecular flexibility index (Phi) is 6.54. The molecule has 0 aliphatic rings. The molecule has 4 rings (SSSR count). The van der Waals surface area contributed by atoms with Gasteiger partial charge < -0.3 is 9.84 Å². The van der Waals surface area contributed by atoms with Crippen LogP contribution in [0.25, 0.3) is 11.1 Å². The average molecular weight is 455 g/mol. The maximum absolute atomic E-state index is 13.6. The molecule has 0 unspecified atom stereocenters. The van der Waals surface area contributed by atoms with Crippen LogP contribution in [-0.4, -0.2) is 27.5 Å². The lowest BCUT2D eigenvalue weighted by Gasteiger charge is -2.33. The van der Waals surface area contributed by atoms with Crippen molar-refractivity contribution >= 4 is 17.5 Å². The Labute approximate surface area is 198 Å². The van der Waals surface area contributed by atoms with Crippen LogP contribution in [0, 0.1) is 0 Å². The van der Waals surface area contributed by atoms with Gasteiger partial charge in [-0.3, -0.25) is 19.5 Å². The van der Waals surface area contributed by atoms with Gasteiger partial charge in [0.05, 0.1) is 6.20 Å². The van der Waals surface area contributed by atoms with E-state index in [2.05, 4.69) is 15.5 Å². The number of carbonyl (C=O) groups is 2. The minimum Gasteiger partial charge on any atom is -0.351 e. The predicted octanol–water partition coefficient (Wildman–Crippen LogP) is 5.04. The summed E-state index contributed by atoms with van der Waals surface area (Å²) < 4.78 is 5.17. The number of carbonyl (C=O) groups excluding carboxylic acids is 2. The van der Waals surface area contributed by atoms with E-state index in [9.17, 15) is 9.59 Å². The maximum atomic E-state index is 13.6. The zero-order valence-corrected chi connectivity index (χ0v) is 19.3. The fraction of sp³-hybridized carbons (Fsp3) is 0.185. The monoisotopic (exact) mass is 454 g/mol. The number of amides is 2. The molecule has 1 N–H and O–H groups in total. The van der Waals surface area contributed by atoms with E-state index in [-0.39, 0.29) is 11.7 Å². The van der Waals surface area contributed by atoms with E-state index in [0.717, 1.165) is 11.1 Å². The van der Waals surface area contributed by atoms with Crippen LogP contribution in [0.4, 0.5) is 5.69 Å². The van der Waals surface area contributed by atoms with Gasteiger partial charge in [-0.1, -0.05) is 53.7 Å². The molecule has 0 aliphatic carbocycles. The standard InChI is InChI=1S/C27H26N4O3/c1-27(2,3)30-25(32)24(21-10-7-16-28-18-21)31(26(33)23-15-17-29-34-23)22-13-11-20(12-14-22)19-8-5-4-6-9-19/h4-18,24H,1-3H3,(H,30,32)/t24-/m1/s1. The fourth-order valence-corrected chi connectivity index (χ4v) is 3.67. The van der Waals surface area contributed by atoms with Gasteiger partial charge in [0.2, 0.25) is 11.7 Å². The number of nitrogens with one attached hydrogen (secondary N) is 1. The lowest BCUT2D eigenvalue weighted by molar-refractivity contribution is -0.123. The first-order chi connectivity index (χ1) is 16.3. The summed E-state index contributed by atoms with van der Waals surface area (Å²) >= 11 is 0. The smallest absolute Gasteiger partial charge is 0.297 e. The van der Waals surface area contributed by atoms with Crippen LogP contribution in [0.15, 0.2) is 95.9 Å². The van der Waals surface area contributed by atoms with Crippen LogP contribution >= 0.6 is 0 Å². The van der Waals surface area contributed by atoms with Crippen molar-refractivity contribution in [1.29, 1.82) is 0 Å². The summed E-state index contributed by atoms with van der Waals surface area (Å²) in [5, 5.41) is 6.67. The molecular weight excluding hydrogens is 428 g/mol. The number of anilines is 1. The summed E-state index contributed by atoms with van der Waals surface area (Å²) in [5.41, 5.74) is 2.66. The zero-order valence-electron chi connectivity index (χ0n) is 19.3. The van der Waals surface area contributed by atoms with E-state index in [4.69, 9.17) is 4.52 Å². The molecule has 7 heteroatoms. The molecule has 0 fully saturated rings. The summed E-state index contributed by atoms with van der Waals surface area (Å²) in [4.78, 5) is 32.8. The highest BCUT2D eigenvalue weighted by atomic mass is 16.5. The molecule has 0 saturated carbocycles. The molecule has 2 heterocycles. The first-order valence-corrected chi connectivity index (χ1v) is 11.0. The van der Waals surface area contributed by atoms with Gasteiger partial charge in [-0.15, -0.1) is 0 Å². The van der Waals surface area contributed by atoms with Gasteiger partial charge in [-0.05, 0) is 50.1 Å². The van der Waals surface area contributed by atoms with Crippen LogP contribution in [0.1, 0.15) is 42.9 Å². The molecule has 0 bridgehead atoms. The molecule has 0 spiro atoms. The van der Waals surface area contributed by atoms with Crippen molar-refractivity contribution < 1.29 is 14.1 Å². The van der Waals surface area contributed by atoms with Crippen LogP contribution in [0.3, 0.4) is 0 Å². The highest BCUT2D eigenvalue weighted by molar-refractivity contribution is 6.08. The van der Waals surface area contributed by atoms with Gasteiger partial charge in [-0.25, -0.2) is 0 Å². The molecular formula is C27H26N4O3. The molecule has 2 aromatic carbocycles. The SMILES string of the molecule is CC(C)(C)NC(=O)[C@@H](c1cccnc1)N(C(=O)c1ccno1)c1ccc(-c2ccccc2)cc1. The number of aromatic nitrogens is 2. The molecule has 7 nitrogen and oxygen atoms in total. The summed E-state index contributed by atoms with van der Waals surface area (Å²) in [6.07, 6.45) is 4.61. The Bertz CT molecular complexity index is 1230. The molecule has 2 amide bonds. The average Bonchev–Trinajstić information content (AvgIpc) is 3.37.